The van der Waals surface area contributed by atoms with Gasteiger partial charge in [0.2, 0.25) is 5.91 Å². The molecule has 0 heterocycles. The molecule has 7 nitrogen and oxygen atoms in total. The van der Waals surface area contributed by atoms with Gasteiger partial charge in [-0.1, -0.05) is 11.6 Å². The molecule has 0 aromatic heterocycles. The molecule has 152 valence electrons. The minimum Gasteiger partial charge on any atom is -0.497 e. The summed E-state index contributed by atoms with van der Waals surface area (Å²) in [5.74, 6) is 0.0831. The van der Waals surface area contributed by atoms with Crippen LogP contribution in [0.15, 0.2) is 53.4 Å². The van der Waals surface area contributed by atoms with E-state index in [9.17, 15) is 13.2 Å². The molecule has 0 aliphatic rings. The molecule has 0 radical (unpaired) electrons. The van der Waals surface area contributed by atoms with Crippen LogP contribution in [0.4, 0.5) is 5.69 Å². The van der Waals surface area contributed by atoms with E-state index in [1.807, 2.05) is 0 Å². The van der Waals surface area contributed by atoms with E-state index in [4.69, 9.17) is 21.1 Å². The molecule has 1 atom stereocenters. The van der Waals surface area contributed by atoms with Crippen LogP contribution < -0.4 is 14.4 Å². The lowest BCUT2D eigenvalue weighted by atomic mass is 10.3. The molecule has 0 fully saturated rings. The fourth-order valence-electron chi connectivity index (χ4n) is 2.54. The molecular weight excluding hydrogens is 404 g/mol. The second kappa shape index (κ2) is 9.77. The van der Waals surface area contributed by atoms with Gasteiger partial charge < -0.3 is 14.8 Å². The fourth-order valence-corrected chi connectivity index (χ4v) is 4.09. The Kier molecular flexibility index (Phi) is 7.68. The average molecular weight is 427 g/mol. The number of benzene rings is 2. The van der Waals surface area contributed by atoms with Crippen LogP contribution in [0.1, 0.15) is 6.92 Å². The summed E-state index contributed by atoms with van der Waals surface area (Å²) in [4.78, 5) is 12.5. The molecule has 0 spiro atoms. The summed E-state index contributed by atoms with van der Waals surface area (Å²) in [5.41, 5.74) is 0.328. The van der Waals surface area contributed by atoms with E-state index in [2.05, 4.69) is 5.32 Å². The van der Waals surface area contributed by atoms with Gasteiger partial charge in [-0.2, -0.15) is 0 Å². The second-order valence-corrected chi connectivity index (χ2v) is 8.39. The summed E-state index contributed by atoms with van der Waals surface area (Å²) >= 11 is 5.92. The lowest BCUT2D eigenvalue weighted by Gasteiger charge is -2.25. The zero-order chi connectivity index (χ0) is 20.7. The van der Waals surface area contributed by atoms with Crippen molar-refractivity contribution in [3.05, 3.63) is 53.6 Å². The van der Waals surface area contributed by atoms with Gasteiger partial charge in [0.1, 0.15) is 12.3 Å². The number of carbonyl (C=O) groups is 1. The number of amides is 1. The molecule has 0 aliphatic heterocycles. The normalized spacial score (nSPS) is 12.3. The largest absolute Gasteiger partial charge is 0.497 e. The van der Waals surface area contributed by atoms with Gasteiger partial charge in [0.15, 0.2) is 0 Å². The maximum Gasteiger partial charge on any atom is 0.264 e. The number of nitrogens with zero attached hydrogens (tertiary/aromatic N) is 1. The van der Waals surface area contributed by atoms with Crippen molar-refractivity contribution in [2.24, 2.45) is 0 Å². The number of rotatable bonds is 9. The first-order valence-corrected chi connectivity index (χ1v) is 10.3. The summed E-state index contributed by atoms with van der Waals surface area (Å²) < 4.78 is 37.5. The molecule has 1 amide bonds. The van der Waals surface area contributed by atoms with Gasteiger partial charge in [-0.25, -0.2) is 8.42 Å². The molecule has 28 heavy (non-hydrogen) atoms. The maximum absolute atomic E-state index is 13.2. The van der Waals surface area contributed by atoms with Gasteiger partial charge in [0.25, 0.3) is 10.0 Å². The third-order valence-electron chi connectivity index (χ3n) is 3.87. The Morgan fingerprint density at radius 2 is 1.71 bits per heavy atom. The number of halogens is 1. The van der Waals surface area contributed by atoms with E-state index in [1.54, 1.807) is 43.3 Å². The molecule has 0 saturated heterocycles. The Labute approximate surface area is 170 Å². The summed E-state index contributed by atoms with van der Waals surface area (Å²) in [7, 11) is -0.973. The number of ether oxygens (including phenoxy) is 2. The molecule has 0 unspecified atom stereocenters. The highest BCUT2D eigenvalue weighted by atomic mass is 35.5. The predicted octanol–water partition coefficient (Wildman–Crippen LogP) is 2.70. The second-order valence-electron chi connectivity index (χ2n) is 6.09. The van der Waals surface area contributed by atoms with Gasteiger partial charge in [-0.3, -0.25) is 9.10 Å². The van der Waals surface area contributed by atoms with E-state index in [0.717, 1.165) is 4.31 Å². The summed E-state index contributed by atoms with van der Waals surface area (Å²) in [6.45, 7) is 1.70. The molecule has 2 aromatic rings. The van der Waals surface area contributed by atoms with E-state index in [-0.39, 0.29) is 17.5 Å². The lowest BCUT2D eigenvalue weighted by molar-refractivity contribution is -0.120. The highest BCUT2D eigenvalue weighted by Gasteiger charge is 2.27. The van der Waals surface area contributed by atoms with Crippen LogP contribution in [0.5, 0.6) is 5.75 Å². The SMILES string of the molecule is COC[C@@H](C)NC(=O)CN(c1ccc(Cl)cc1)S(=O)(=O)c1ccc(OC)cc1. The fraction of sp³-hybridized carbons (Fsp3) is 0.316. The van der Waals surface area contributed by atoms with Crippen LogP contribution in [0, 0.1) is 0 Å². The highest BCUT2D eigenvalue weighted by Crippen LogP contribution is 2.26. The third kappa shape index (κ3) is 5.60. The van der Waals surface area contributed by atoms with Crippen molar-refractivity contribution < 1.29 is 22.7 Å². The number of anilines is 1. The standard InChI is InChI=1S/C19H23ClN2O5S/c1-14(13-26-2)21-19(23)12-22(16-6-4-15(20)5-7-16)28(24,25)18-10-8-17(27-3)9-11-18/h4-11,14H,12-13H2,1-3H3,(H,21,23)/t14-/m1/s1. The Morgan fingerprint density at radius 1 is 1.11 bits per heavy atom. The smallest absolute Gasteiger partial charge is 0.264 e. The zero-order valence-corrected chi connectivity index (χ0v) is 17.5. The Hall–Kier alpha value is -2.29. The zero-order valence-electron chi connectivity index (χ0n) is 15.9. The van der Waals surface area contributed by atoms with E-state index < -0.39 is 15.9 Å². The molecule has 0 aliphatic carbocycles. The minimum atomic E-state index is -3.99. The number of carbonyl (C=O) groups excluding carboxylic acids is 1. The summed E-state index contributed by atoms with van der Waals surface area (Å²) in [6, 6.07) is 11.9. The number of sulfonamides is 1. The first-order chi connectivity index (χ1) is 13.3. The quantitative estimate of drug-likeness (QED) is 0.666. The number of methoxy groups -OCH3 is 2. The van der Waals surface area contributed by atoms with Crippen molar-refractivity contribution in [1.82, 2.24) is 5.32 Å². The first-order valence-electron chi connectivity index (χ1n) is 8.48. The van der Waals surface area contributed by atoms with Crippen LogP contribution >= 0.6 is 11.6 Å². The van der Waals surface area contributed by atoms with E-state index >= 15 is 0 Å². The molecule has 0 saturated carbocycles. The van der Waals surface area contributed by atoms with Crippen molar-refractivity contribution in [2.75, 3.05) is 31.7 Å². The van der Waals surface area contributed by atoms with Gasteiger partial charge >= 0.3 is 0 Å². The van der Waals surface area contributed by atoms with Gasteiger partial charge in [0, 0.05) is 18.2 Å². The van der Waals surface area contributed by atoms with Crippen LogP contribution in [0.3, 0.4) is 0 Å². The van der Waals surface area contributed by atoms with Crippen molar-refractivity contribution in [2.45, 2.75) is 17.9 Å². The van der Waals surface area contributed by atoms with Crippen molar-refractivity contribution in [3.63, 3.8) is 0 Å². The van der Waals surface area contributed by atoms with Crippen molar-refractivity contribution in [3.8, 4) is 5.75 Å². The number of hydrogen-bond acceptors (Lipinski definition) is 5. The van der Waals surface area contributed by atoms with Crippen molar-refractivity contribution >= 4 is 33.2 Å². The van der Waals surface area contributed by atoms with Crippen LogP contribution in [-0.2, 0) is 19.6 Å². The summed E-state index contributed by atoms with van der Waals surface area (Å²) in [6.07, 6.45) is 0. The molecule has 0 bridgehead atoms. The topological polar surface area (TPSA) is 84.9 Å². The molecule has 1 N–H and O–H groups in total. The Bertz CT molecular complexity index is 886. The Morgan fingerprint density at radius 3 is 2.25 bits per heavy atom. The van der Waals surface area contributed by atoms with E-state index in [0.29, 0.717) is 23.1 Å². The number of nitrogens with one attached hydrogen (secondary N) is 1. The Balaban J connectivity index is 2.36. The maximum atomic E-state index is 13.2. The monoisotopic (exact) mass is 426 g/mol. The predicted molar refractivity (Wildman–Crippen MR) is 108 cm³/mol. The molecule has 9 heteroatoms. The molecule has 2 rings (SSSR count). The lowest BCUT2D eigenvalue weighted by Crippen LogP contribution is -2.44. The van der Waals surface area contributed by atoms with Crippen molar-refractivity contribution in [1.29, 1.82) is 0 Å². The van der Waals surface area contributed by atoms with Crippen LogP contribution in [0.25, 0.3) is 0 Å². The van der Waals surface area contributed by atoms with E-state index in [1.165, 1.54) is 26.4 Å². The number of hydrogen-bond donors (Lipinski definition) is 1. The first kappa shape index (κ1) is 22.0. The van der Waals surface area contributed by atoms with Crippen LogP contribution in [0.2, 0.25) is 5.02 Å². The van der Waals surface area contributed by atoms with Gasteiger partial charge in [-0.05, 0) is 55.5 Å². The molecular formula is C19H23ClN2O5S. The summed E-state index contributed by atoms with van der Waals surface area (Å²) in [5, 5.41) is 3.18. The molecule has 2 aromatic carbocycles. The third-order valence-corrected chi connectivity index (χ3v) is 5.91. The van der Waals surface area contributed by atoms with Gasteiger partial charge in [-0.15, -0.1) is 0 Å². The minimum absolute atomic E-state index is 0.0426. The van der Waals surface area contributed by atoms with Gasteiger partial charge in [0.05, 0.1) is 24.3 Å². The van der Waals surface area contributed by atoms with Crippen LogP contribution in [-0.4, -0.2) is 47.7 Å². The average Bonchev–Trinajstić information content (AvgIpc) is 2.67. The highest BCUT2D eigenvalue weighted by molar-refractivity contribution is 7.92.